The first-order valence-electron chi connectivity index (χ1n) is 8.20. The van der Waals surface area contributed by atoms with Crippen molar-refractivity contribution in [3.05, 3.63) is 35.9 Å². The second-order valence-electron chi connectivity index (χ2n) is 6.11. The van der Waals surface area contributed by atoms with Crippen molar-refractivity contribution in [1.82, 2.24) is 4.90 Å². The first kappa shape index (κ1) is 15.5. The Kier molecular flexibility index (Phi) is 5.62. The molecule has 1 atom stereocenters. The van der Waals surface area contributed by atoms with Crippen molar-refractivity contribution < 1.29 is 5.11 Å². The summed E-state index contributed by atoms with van der Waals surface area (Å²) in [6.45, 7) is 6.51. The second-order valence-corrected chi connectivity index (χ2v) is 6.11. The van der Waals surface area contributed by atoms with Crippen molar-refractivity contribution in [2.24, 2.45) is 0 Å². The van der Waals surface area contributed by atoms with E-state index in [9.17, 15) is 5.11 Å². The number of aliphatic hydroxyl groups is 1. The molecule has 0 saturated carbocycles. The van der Waals surface area contributed by atoms with Crippen LogP contribution in [0, 0.1) is 0 Å². The zero-order valence-corrected chi connectivity index (χ0v) is 13.0. The Morgan fingerprint density at radius 2 is 1.65 bits per heavy atom. The molecule has 0 aromatic heterocycles. The van der Waals surface area contributed by atoms with Gasteiger partial charge in [-0.15, -0.1) is 0 Å². The lowest BCUT2D eigenvalue weighted by Crippen LogP contribution is -2.54. The summed E-state index contributed by atoms with van der Waals surface area (Å²) in [5.74, 6) is 0. The smallest absolute Gasteiger partial charge is 0.0800 e. The number of piperidine rings is 1. The number of benzene rings is 1. The van der Waals surface area contributed by atoms with Gasteiger partial charge in [-0.25, -0.2) is 0 Å². The monoisotopic (exact) mass is 275 g/mol. The molecule has 0 bridgehead atoms. The molecule has 2 rings (SSSR count). The lowest BCUT2D eigenvalue weighted by molar-refractivity contribution is -0.0587. The summed E-state index contributed by atoms with van der Waals surface area (Å²) < 4.78 is 0. The molecule has 1 aromatic carbocycles. The predicted octanol–water partition coefficient (Wildman–Crippen LogP) is 3.63. The molecule has 0 aliphatic carbocycles. The van der Waals surface area contributed by atoms with Gasteiger partial charge in [-0.2, -0.15) is 0 Å². The summed E-state index contributed by atoms with van der Waals surface area (Å²) in [5.41, 5.74) is 0.774. The molecular formula is C18H29NO. The van der Waals surface area contributed by atoms with Gasteiger partial charge in [-0.1, -0.05) is 50.6 Å². The Bertz CT molecular complexity index is 380. The van der Waals surface area contributed by atoms with Crippen molar-refractivity contribution in [3.8, 4) is 0 Å². The zero-order chi connectivity index (χ0) is 14.4. The van der Waals surface area contributed by atoms with Gasteiger partial charge in [0.1, 0.15) is 0 Å². The maximum Gasteiger partial charge on any atom is 0.0800 e. The molecule has 1 fully saturated rings. The summed E-state index contributed by atoms with van der Waals surface area (Å²) in [6.07, 6.45) is 6.50. The van der Waals surface area contributed by atoms with Crippen molar-refractivity contribution in [1.29, 1.82) is 0 Å². The lowest BCUT2D eigenvalue weighted by atomic mass is 9.83. The van der Waals surface area contributed by atoms with Crippen LogP contribution in [0.4, 0.5) is 0 Å². The Balaban J connectivity index is 2.18. The summed E-state index contributed by atoms with van der Waals surface area (Å²) in [5, 5.41) is 11.1. The van der Waals surface area contributed by atoms with Crippen LogP contribution in [0.3, 0.4) is 0 Å². The highest BCUT2D eigenvalue weighted by molar-refractivity contribution is 5.17. The summed E-state index contributed by atoms with van der Waals surface area (Å²) in [4.78, 5) is 2.53. The average Bonchev–Trinajstić information content (AvgIpc) is 2.54. The Labute approximate surface area is 123 Å². The fourth-order valence-corrected chi connectivity index (χ4v) is 3.45. The normalized spacial score (nSPS) is 18.9. The van der Waals surface area contributed by atoms with Crippen LogP contribution in [-0.4, -0.2) is 34.7 Å². The zero-order valence-electron chi connectivity index (χ0n) is 13.0. The highest BCUT2D eigenvalue weighted by atomic mass is 16.3. The summed E-state index contributed by atoms with van der Waals surface area (Å²) in [6, 6.07) is 10.9. The Hall–Kier alpha value is -0.860. The van der Waals surface area contributed by atoms with Crippen LogP contribution in [0.2, 0.25) is 0 Å². The van der Waals surface area contributed by atoms with Crippen LogP contribution in [-0.2, 0) is 6.42 Å². The Morgan fingerprint density at radius 1 is 1.05 bits per heavy atom. The Morgan fingerprint density at radius 3 is 2.20 bits per heavy atom. The van der Waals surface area contributed by atoms with Gasteiger partial charge < -0.3 is 5.11 Å². The fourth-order valence-electron chi connectivity index (χ4n) is 3.45. The topological polar surface area (TPSA) is 23.5 Å². The van der Waals surface area contributed by atoms with Crippen LogP contribution < -0.4 is 0 Å². The van der Waals surface area contributed by atoms with Crippen LogP contribution in [0.1, 0.15) is 51.5 Å². The molecule has 1 aromatic rings. The molecule has 1 saturated heterocycles. The third kappa shape index (κ3) is 3.62. The van der Waals surface area contributed by atoms with Gasteiger partial charge in [0.15, 0.2) is 0 Å². The maximum atomic E-state index is 11.1. The molecule has 0 amide bonds. The molecule has 112 valence electrons. The van der Waals surface area contributed by atoms with E-state index in [1.807, 2.05) is 0 Å². The molecule has 0 spiro atoms. The van der Waals surface area contributed by atoms with E-state index in [0.717, 1.165) is 32.4 Å². The second kappa shape index (κ2) is 7.24. The molecule has 0 radical (unpaired) electrons. The van der Waals surface area contributed by atoms with E-state index in [2.05, 4.69) is 49.1 Å². The van der Waals surface area contributed by atoms with Gasteiger partial charge in [0, 0.05) is 6.04 Å². The number of nitrogens with zero attached hydrogens (tertiary/aromatic N) is 1. The summed E-state index contributed by atoms with van der Waals surface area (Å²) >= 11 is 0. The minimum atomic E-state index is -0.562. The van der Waals surface area contributed by atoms with E-state index in [1.54, 1.807) is 0 Å². The molecule has 1 N–H and O–H groups in total. The van der Waals surface area contributed by atoms with E-state index in [0.29, 0.717) is 0 Å². The van der Waals surface area contributed by atoms with Crippen molar-refractivity contribution in [2.75, 3.05) is 13.1 Å². The van der Waals surface area contributed by atoms with Gasteiger partial charge in [0.2, 0.25) is 0 Å². The highest BCUT2D eigenvalue weighted by Gasteiger charge is 2.37. The standard InChI is InChI=1S/C18H29NO/c1-3-18(20,4-2)17(19-13-9-6-10-14-19)15-16-11-7-5-8-12-16/h5,7-8,11-12,17,20H,3-4,6,9-10,13-15H2,1-2H3. The fraction of sp³-hybridized carbons (Fsp3) is 0.667. The number of likely N-dealkylation sites (tertiary alicyclic amines) is 1. The van der Waals surface area contributed by atoms with Crippen LogP contribution >= 0.6 is 0 Å². The van der Waals surface area contributed by atoms with Crippen LogP contribution in [0.25, 0.3) is 0 Å². The minimum Gasteiger partial charge on any atom is -0.388 e. The van der Waals surface area contributed by atoms with Crippen molar-refractivity contribution >= 4 is 0 Å². The molecule has 1 aliphatic rings. The largest absolute Gasteiger partial charge is 0.388 e. The van der Waals surface area contributed by atoms with Gasteiger partial charge in [-0.05, 0) is 50.8 Å². The van der Waals surface area contributed by atoms with Gasteiger partial charge >= 0.3 is 0 Å². The molecule has 1 aliphatic heterocycles. The molecule has 1 unspecified atom stereocenters. The highest BCUT2D eigenvalue weighted by Crippen LogP contribution is 2.29. The SMILES string of the molecule is CCC(O)(CC)C(Cc1ccccc1)N1CCCCC1. The van der Waals surface area contributed by atoms with E-state index in [4.69, 9.17) is 0 Å². The van der Waals surface area contributed by atoms with Crippen molar-refractivity contribution in [3.63, 3.8) is 0 Å². The third-order valence-electron chi connectivity index (χ3n) is 4.95. The van der Waals surface area contributed by atoms with Gasteiger partial charge in [0.25, 0.3) is 0 Å². The third-order valence-corrected chi connectivity index (χ3v) is 4.95. The van der Waals surface area contributed by atoms with Crippen LogP contribution in [0.15, 0.2) is 30.3 Å². The van der Waals surface area contributed by atoms with E-state index in [1.165, 1.54) is 24.8 Å². The minimum absolute atomic E-state index is 0.250. The van der Waals surface area contributed by atoms with Gasteiger partial charge in [0.05, 0.1) is 5.60 Å². The first-order valence-corrected chi connectivity index (χ1v) is 8.20. The molecule has 2 heteroatoms. The first-order chi connectivity index (χ1) is 9.69. The van der Waals surface area contributed by atoms with Gasteiger partial charge in [-0.3, -0.25) is 4.90 Å². The number of rotatable bonds is 6. The van der Waals surface area contributed by atoms with Crippen LogP contribution in [0.5, 0.6) is 0 Å². The van der Waals surface area contributed by atoms with E-state index >= 15 is 0 Å². The quantitative estimate of drug-likeness (QED) is 0.857. The average molecular weight is 275 g/mol. The molecule has 1 heterocycles. The molecule has 2 nitrogen and oxygen atoms in total. The molecular weight excluding hydrogens is 246 g/mol. The lowest BCUT2D eigenvalue weighted by Gasteiger charge is -2.44. The predicted molar refractivity (Wildman–Crippen MR) is 84.9 cm³/mol. The maximum absolute atomic E-state index is 11.1. The molecule has 20 heavy (non-hydrogen) atoms. The number of hydrogen-bond acceptors (Lipinski definition) is 2. The number of hydrogen-bond donors (Lipinski definition) is 1. The summed E-state index contributed by atoms with van der Waals surface area (Å²) in [7, 11) is 0. The van der Waals surface area contributed by atoms with E-state index < -0.39 is 5.60 Å². The van der Waals surface area contributed by atoms with E-state index in [-0.39, 0.29) is 6.04 Å². The van der Waals surface area contributed by atoms with Crippen molar-refractivity contribution in [2.45, 2.75) is 64.0 Å².